The number of fused-ring (bicyclic) bond motifs is 1. The van der Waals surface area contributed by atoms with Crippen molar-refractivity contribution in [1.29, 1.82) is 0 Å². The van der Waals surface area contributed by atoms with E-state index in [2.05, 4.69) is 0 Å². The first-order chi connectivity index (χ1) is 14.0. The first-order valence-electron chi connectivity index (χ1n) is 10.4. The fraction of sp³-hybridized carbons (Fsp3) is 0.545. The van der Waals surface area contributed by atoms with Crippen molar-refractivity contribution in [1.82, 2.24) is 9.80 Å². The van der Waals surface area contributed by atoms with E-state index in [4.69, 9.17) is 9.15 Å². The zero-order valence-electron chi connectivity index (χ0n) is 16.7. The molecule has 1 spiro atoms. The van der Waals surface area contributed by atoms with Gasteiger partial charge in [-0.05, 0) is 32.3 Å². The molecule has 3 aliphatic heterocycles. The van der Waals surface area contributed by atoms with E-state index in [1.807, 2.05) is 52.8 Å². The number of para-hydroxylation sites is 1. The smallest absolute Gasteiger partial charge is 0.289 e. The van der Waals surface area contributed by atoms with Gasteiger partial charge >= 0.3 is 0 Å². The third-order valence-corrected chi connectivity index (χ3v) is 7.94. The molecule has 2 amide bonds. The molecule has 29 heavy (non-hydrogen) atoms. The Labute approximate surface area is 174 Å². The van der Waals surface area contributed by atoms with E-state index in [1.54, 1.807) is 0 Å². The molecule has 3 fully saturated rings. The number of likely N-dealkylation sites (tertiary alicyclic amines) is 2. The van der Waals surface area contributed by atoms with Crippen LogP contribution in [0.5, 0.6) is 0 Å². The summed E-state index contributed by atoms with van der Waals surface area (Å²) in [5.41, 5.74) is 1.67. The number of benzene rings is 1. The van der Waals surface area contributed by atoms with Gasteiger partial charge in [0.05, 0.1) is 10.9 Å². The summed E-state index contributed by atoms with van der Waals surface area (Å²) >= 11 is 1.87. The van der Waals surface area contributed by atoms with Gasteiger partial charge in [0.2, 0.25) is 5.91 Å². The highest BCUT2D eigenvalue weighted by Crippen LogP contribution is 2.46. The fourth-order valence-electron chi connectivity index (χ4n) is 4.69. The van der Waals surface area contributed by atoms with Crippen LogP contribution in [-0.4, -0.2) is 71.0 Å². The van der Waals surface area contributed by atoms with Gasteiger partial charge in [-0.2, -0.15) is 0 Å². The Morgan fingerprint density at radius 3 is 2.72 bits per heavy atom. The van der Waals surface area contributed by atoms with Gasteiger partial charge in [-0.1, -0.05) is 18.2 Å². The summed E-state index contributed by atoms with van der Waals surface area (Å²) in [5.74, 6) is 1.42. The predicted octanol–water partition coefficient (Wildman–Crippen LogP) is 3.08. The molecule has 3 aliphatic rings. The lowest BCUT2D eigenvalue weighted by atomic mass is 9.92. The zero-order valence-corrected chi connectivity index (χ0v) is 17.5. The highest BCUT2D eigenvalue weighted by molar-refractivity contribution is 8.01. The van der Waals surface area contributed by atoms with Crippen molar-refractivity contribution >= 4 is 34.5 Å². The molecule has 0 aliphatic carbocycles. The summed E-state index contributed by atoms with van der Waals surface area (Å²) < 4.78 is 11.8. The molecule has 1 aromatic heterocycles. The van der Waals surface area contributed by atoms with Gasteiger partial charge in [-0.3, -0.25) is 9.59 Å². The van der Waals surface area contributed by atoms with E-state index in [9.17, 15) is 9.59 Å². The molecule has 6 nitrogen and oxygen atoms in total. The Kier molecular flexibility index (Phi) is 4.82. The Morgan fingerprint density at radius 2 is 1.97 bits per heavy atom. The summed E-state index contributed by atoms with van der Waals surface area (Å²) in [6.45, 7) is 5.29. The number of hydrogen-bond acceptors (Lipinski definition) is 5. The average molecular weight is 415 g/mol. The minimum absolute atomic E-state index is 0.0292. The van der Waals surface area contributed by atoms with Gasteiger partial charge in [-0.15, -0.1) is 11.8 Å². The molecule has 0 bridgehead atoms. The van der Waals surface area contributed by atoms with E-state index < -0.39 is 0 Å². The van der Waals surface area contributed by atoms with Crippen LogP contribution in [0.25, 0.3) is 11.0 Å². The summed E-state index contributed by atoms with van der Waals surface area (Å²) in [4.78, 5) is 28.9. The molecule has 3 saturated heterocycles. The molecule has 0 radical (unpaired) electrons. The SMILES string of the molecule is Cc1c(C(=O)N2CC3(C[C@@H](OCC(=O)N4CCCC4)CS3)C2)oc2ccccc12. The Balaban J connectivity index is 1.15. The van der Waals surface area contributed by atoms with Crippen molar-refractivity contribution in [3.8, 4) is 0 Å². The van der Waals surface area contributed by atoms with Crippen LogP contribution in [0.2, 0.25) is 0 Å². The van der Waals surface area contributed by atoms with Crippen LogP contribution in [0.1, 0.15) is 35.4 Å². The van der Waals surface area contributed by atoms with Crippen LogP contribution in [-0.2, 0) is 9.53 Å². The largest absolute Gasteiger partial charge is 0.451 e. The Morgan fingerprint density at radius 1 is 1.21 bits per heavy atom. The topological polar surface area (TPSA) is 63.0 Å². The highest BCUT2D eigenvalue weighted by atomic mass is 32.2. The molecule has 0 N–H and O–H groups in total. The van der Waals surface area contributed by atoms with Crippen molar-refractivity contribution in [3.05, 3.63) is 35.6 Å². The molecule has 0 unspecified atom stereocenters. The van der Waals surface area contributed by atoms with Crippen LogP contribution >= 0.6 is 11.8 Å². The second-order valence-electron chi connectivity index (χ2n) is 8.43. The summed E-state index contributed by atoms with van der Waals surface area (Å²) in [6, 6.07) is 7.76. The Bertz CT molecular complexity index is 943. The molecule has 4 heterocycles. The normalized spacial score (nSPS) is 23.1. The number of rotatable bonds is 4. The molecular weight excluding hydrogens is 388 g/mol. The first-order valence-corrected chi connectivity index (χ1v) is 11.3. The monoisotopic (exact) mass is 414 g/mol. The maximum Gasteiger partial charge on any atom is 0.289 e. The second-order valence-corrected chi connectivity index (χ2v) is 9.92. The number of thioether (sulfide) groups is 1. The highest BCUT2D eigenvalue weighted by Gasteiger charge is 2.51. The van der Waals surface area contributed by atoms with Gasteiger partial charge in [0.1, 0.15) is 12.2 Å². The summed E-state index contributed by atoms with van der Waals surface area (Å²) in [6.07, 6.45) is 3.19. The molecule has 2 aromatic rings. The van der Waals surface area contributed by atoms with Crippen LogP contribution in [0, 0.1) is 6.92 Å². The number of aryl methyl sites for hydroxylation is 1. The minimum atomic E-state index is -0.0292. The lowest BCUT2D eigenvalue weighted by molar-refractivity contribution is -0.136. The van der Waals surface area contributed by atoms with Crippen LogP contribution < -0.4 is 0 Å². The van der Waals surface area contributed by atoms with Crippen molar-refractivity contribution in [2.75, 3.05) is 38.5 Å². The van der Waals surface area contributed by atoms with Crippen LogP contribution in [0.4, 0.5) is 0 Å². The number of nitrogens with zero attached hydrogens (tertiary/aromatic N) is 2. The lowest BCUT2D eigenvalue weighted by Gasteiger charge is -2.47. The molecule has 7 heteroatoms. The average Bonchev–Trinajstić information content (AvgIpc) is 3.44. The van der Waals surface area contributed by atoms with Crippen molar-refractivity contribution in [2.24, 2.45) is 0 Å². The third-order valence-electron chi connectivity index (χ3n) is 6.36. The van der Waals surface area contributed by atoms with E-state index >= 15 is 0 Å². The number of furan rings is 1. The van der Waals surface area contributed by atoms with E-state index in [0.29, 0.717) is 18.8 Å². The molecule has 154 valence electrons. The maximum absolute atomic E-state index is 12.9. The quantitative estimate of drug-likeness (QED) is 0.769. The number of hydrogen-bond donors (Lipinski definition) is 0. The zero-order chi connectivity index (χ0) is 20.0. The van der Waals surface area contributed by atoms with Crippen LogP contribution in [0.3, 0.4) is 0 Å². The number of carbonyl (C=O) groups excluding carboxylic acids is 2. The lowest BCUT2D eigenvalue weighted by Crippen LogP contribution is -2.60. The molecule has 0 saturated carbocycles. The number of ether oxygens (including phenoxy) is 1. The van der Waals surface area contributed by atoms with E-state index in [0.717, 1.165) is 54.6 Å². The fourth-order valence-corrected chi connectivity index (χ4v) is 6.24. The van der Waals surface area contributed by atoms with Gasteiger partial charge < -0.3 is 19.0 Å². The van der Waals surface area contributed by atoms with Crippen molar-refractivity contribution < 1.29 is 18.7 Å². The third kappa shape index (κ3) is 3.44. The maximum atomic E-state index is 12.9. The molecule has 1 aromatic carbocycles. The summed E-state index contributed by atoms with van der Waals surface area (Å²) in [5, 5.41) is 0.998. The van der Waals surface area contributed by atoms with Crippen molar-refractivity contribution in [3.63, 3.8) is 0 Å². The standard InChI is InChI=1S/C22H26N2O4S/c1-15-17-6-2-3-7-18(17)28-20(15)21(26)24-13-22(14-24)10-16(12-29-22)27-11-19(25)23-8-4-5-9-23/h2-3,6-7,16H,4-5,8-14H2,1H3/t16-/m1/s1. The van der Waals surface area contributed by atoms with Gasteiger partial charge in [0.15, 0.2) is 5.76 Å². The van der Waals surface area contributed by atoms with Crippen LogP contribution in [0.15, 0.2) is 28.7 Å². The van der Waals surface area contributed by atoms with Crippen molar-refractivity contribution in [2.45, 2.75) is 37.0 Å². The molecule has 1 atom stereocenters. The van der Waals surface area contributed by atoms with Gasteiger partial charge in [-0.25, -0.2) is 0 Å². The molecule has 5 rings (SSSR count). The van der Waals surface area contributed by atoms with E-state index in [-0.39, 0.29) is 29.3 Å². The number of carbonyl (C=O) groups is 2. The minimum Gasteiger partial charge on any atom is -0.451 e. The first kappa shape index (κ1) is 19.0. The van der Waals surface area contributed by atoms with Gasteiger partial charge in [0, 0.05) is 42.9 Å². The van der Waals surface area contributed by atoms with Gasteiger partial charge in [0.25, 0.3) is 5.91 Å². The predicted molar refractivity (Wildman–Crippen MR) is 112 cm³/mol. The van der Waals surface area contributed by atoms with E-state index in [1.165, 1.54) is 0 Å². The molecular formula is C22H26N2O4S. The summed E-state index contributed by atoms with van der Waals surface area (Å²) in [7, 11) is 0. The second kappa shape index (κ2) is 7.36. The Hall–Kier alpha value is -1.99. The number of amides is 2.